The number of carbonyl (C=O) groups excluding carboxylic acids is 2. The average molecular weight is 279 g/mol. The molecule has 1 aliphatic rings. The van der Waals surface area contributed by atoms with E-state index in [1.165, 1.54) is 0 Å². The molecule has 1 atom stereocenters. The van der Waals surface area contributed by atoms with Gasteiger partial charge in [0, 0.05) is 30.8 Å². The quantitative estimate of drug-likeness (QED) is 0.838. The van der Waals surface area contributed by atoms with Gasteiger partial charge in [-0.15, -0.1) is 0 Å². The van der Waals surface area contributed by atoms with E-state index in [0.29, 0.717) is 30.8 Å². The summed E-state index contributed by atoms with van der Waals surface area (Å²) in [6.45, 7) is 2.81. The molecule has 1 heterocycles. The highest BCUT2D eigenvalue weighted by atomic mass is 32.2. The number of Topliss-reactive ketones (excluding diaryl/α,β-unsaturated/α-hetero) is 1. The molecule has 0 aliphatic carbocycles. The van der Waals surface area contributed by atoms with E-state index >= 15 is 0 Å². The van der Waals surface area contributed by atoms with Gasteiger partial charge in [-0.3, -0.25) is 13.8 Å². The minimum atomic E-state index is -1.31. The number of aryl methyl sites for hydroxylation is 1. The highest BCUT2D eigenvalue weighted by Crippen LogP contribution is 2.14. The first-order valence-electron chi connectivity index (χ1n) is 6.31. The second-order valence-corrected chi connectivity index (χ2v) is 6.09. The Morgan fingerprint density at radius 3 is 2.53 bits per heavy atom. The Kier molecular flexibility index (Phi) is 4.47. The van der Waals surface area contributed by atoms with Gasteiger partial charge in [0.2, 0.25) is 5.91 Å². The smallest absolute Gasteiger partial charge is 0.235 e. The molecule has 19 heavy (non-hydrogen) atoms. The molecule has 1 fully saturated rings. The Balaban J connectivity index is 1.97. The van der Waals surface area contributed by atoms with Crippen LogP contribution in [0, 0.1) is 6.92 Å². The van der Waals surface area contributed by atoms with Crippen LogP contribution in [0.4, 0.5) is 0 Å². The average Bonchev–Trinajstić information content (AvgIpc) is 2.39. The summed E-state index contributed by atoms with van der Waals surface area (Å²) < 4.78 is 12.2. The number of piperidine rings is 1. The van der Waals surface area contributed by atoms with E-state index < -0.39 is 10.8 Å². The first kappa shape index (κ1) is 13.9. The molecular weight excluding hydrogens is 262 g/mol. The van der Waals surface area contributed by atoms with E-state index in [1.807, 2.05) is 25.1 Å². The van der Waals surface area contributed by atoms with Crippen molar-refractivity contribution in [3.8, 4) is 0 Å². The lowest BCUT2D eigenvalue weighted by Gasteiger charge is -2.25. The molecule has 2 rings (SSSR count). The van der Waals surface area contributed by atoms with Gasteiger partial charge >= 0.3 is 0 Å². The molecule has 0 spiro atoms. The van der Waals surface area contributed by atoms with Crippen molar-refractivity contribution in [2.45, 2.75) is 24.7 Å². The van der Waals surface area contributed by atoms with Crippen LogP contribution in [0.3, 0.4) is 0 Å². The number of carbonyl (C=O) groups is 2. The van der Waals surface area contributed by atoms with Crippen molar-refractivity contribution in [2.75, 3.05) is 18.8 Å². The van der Waals surface area contributed by atoms with Gasteiger partial charge in [0.05, 0.1) is 10.8 Å². The van der Waals surface area contributed by atoms with E-state index in [2.05, 4.69) is 0 Å². The maximum atomic E-state index is 12.2. The first-order chi connectivity index (χ1) is 9.08. The van der Waals surface area contributed by atoms with Gasteiger partial charge in [-0.05, 0) is 18.6 Å². The van der Waals surface area contributed by atoms with Crippen molar-refractivity contribution < 1.29 is 13.8 Å². The maximum Gasteiger partial charge on any atom is 0.235 e. The van der Waals surface area contributed by atoms with E-state index in [-0.39, 0.29) is 17.4 Å². The fraction of sp³-hybridized carbons (Fsp3) is 0.429. The fourth-order valence-electron chi connectivity index (χ4n) is 2.10. The molecule has 1 aromatic carbocycles. The molecule has 0 saturated carbocycles. The summed E-state index contributed by atoms with van der Waals surface area (Å²) >= 11 is 0. The Labute approximate surface area is 115 Å². The minimum absolute atomic E-state index is 0.000949. The van der Waals surface area contributed by atoms with Crippen LogP contribution in [0.5, 0.6) is 0 Å². The monoisotopic (exact) mass is 279 g/mol. The Morgan fingerprint density at radius 2 is 1.89 bits per heavy atom. The summed E-state index contributed by atoms with van der Waals surface area (Å²) in [4.78, 5) is 25.5. The van der Waals surface area contributed by atoms with Crippen molar-refractivity contribution in [1.82, 2.24) is 4.90 Å². The highest BCUT2D eigenvalue weighted by molar-refractivity contribution is 7.85. The van der Waals surface area contributed by atoms with Gasteiger partial charge in [-0.2, -0.15) is 0 Å². The standard InChI is InChI=1S/C14H17NO3S/c1-11-4-2-3-5-13(11)19(18)10-14(17)15-8-6-12(16)7-9-15/h2-5H,6-10H2,1H3. The Morgan fingerprint density at radius 1 is 1.26 bits per heavy atom. The summed E-state index contributed by atoms with van der Waals surface area (Å²) in [5.74, 6) is 0.0668. The fourth-order valence-corrected chi connectivity index (χ4v) is 3.32. The molecule has 0 radical (unpaired) electrons. The van der Waals surface area contributed by atoms with Crippen LogP contribution in [-0.4, -0.2) is 39.6 Å². The Bertz CT molecular complexity index is 517. The number of benzene rings is 1. The van der Waals surface area contributed by atoms with Crippen molar-refractivity contribution >= 4 is 22.5 Å². The zero-order valence-corrected chi connectivity index (χ0v) is 11.7. The van der Waals surface area contributed by atoms with Crippen LogP contribution in [0.15, 0.2) is 29.2 Å². The van der Waals surface area contributed by atoms with Crippen LogP contribution in [0.1, 0.15) is 18.4 Å². The van der Waals surface area contributed by atoms with Crippen LogP contribution < -0.4 is 0 Å². The first-order valence-corrected chi connectivity index (χ1v) is 7.63. The number of nitrogens with zero attached hydrogens (tertiary/aromatic N) is 1. The topological polar surface area (TPSA) is 54.5 Å². The lowest BCUT2D eigenvalue weighted by molar-refractivity contribution is -0.132. The van der Waals surface area contributed by atoms with Crippen LogP contribution in [-0.2, 0) is 20.4 Å². The number of hydrogen-bond donors (Lipinski definition) is 0. The second kappa shape index (κ2) is 6.10. The third-order valence-corrected chi connectivity index (χ3v) is 4.73. The largest absolute Gasteiger partial charge is 0.341 e. The van der Waals surface area contributed by atoms with Crippen molar-refractivity contribution in [3.05, 3.63) is 29.8 Å². The lowest BCUT2D eigenvalue weighted by atomic mass is 10.1. The SMILES string of the molecule is Cc1ccccc1S(=O)CC(=O)N1CCC(=O)CC1. The molecule has 1 amide bonds. The van der Waals surface area contributed by atoms with Gasteiger partial charge in [0.15, 0.2) is 0 Å². The molecule has 1 saturated heterocycles. The second-order valence-electron chi connectivity index (χ2n) is 4.67. The van der Waals surface area contributed by atoms with Crippen molar-refractivity contribution in [3.63, 3.8) is 0 Å². The molecule has 0 aromatic heterocycles. The van der Waals surface area contributed by atoms with Gasteiger partial charge in [0.1, 0.15) is 11.5 Å². The van der Waals surface area contributed by atoms with Gasteiger partial charge in [-0.25, -0.2) is 0 Å². The van der Waals surface area contributed by atoms with Gasteiger partial charge in [0.25, 0.3) is 0 Å². The zero-order valence-electron chi connectivity index (χ0n) is 10.9. The molecule has 1 unspecified atom stereocenters. The van der Waals surface area contributed by atoms with E-state index in [4.69, 9.17) is 0 Å². The molecule has 0 bridgehead atoms. The number of ketones is 1. The number of hydrogen-bond acceptors (Lipinski definition) is 3. The molecule has 1 aromatic rings. The van der Waals surface area contributed by atoms with E-state index in [9.17, 15) is 13.8 Å². The van der Waals surface area contributed by atoms with Gasteiger partial charge in [-0.1, -0.05) is 18.2 Å². The molecule has 5 heteroatoms. The van der Waals surface area contributed by atoms with Crippen LogP contribution in [0.25, 0.3) is 0 Å². The van der Waals surface area contributed by atoms with Crippen molar-refractivity contribution in [2.24, 2.45) is 0 Å². The molecule has 4 nitrogen and oxygen atoms in total. The molecule has 102 valence electrons. The third kappa shape index (κ3) is 3.50. The normalized spacial score (nSPS) is 17.3. The lowest BCUT2D eigenvalue weighted by Crippen LogP contribution is -2.40. The molecular formula is C14H17NO3S. The van der Waals surface area contributed by atoms with E-state index in [1.54, 1.807) is 11.0 Å². The summed E-state index contributed by atoms with van der Waals surface area (Å²) in [6.07, 6.45) is 0.839. The van der Waals surface area contributed by atoms with E-state index in [0.717, 1.165) is 5.56 Å². The predicted molar refractivity (Wildman–Crippen MR) is 73.3 cm³/mol. The summed E-state index contributed by atoms with van der Waals surface area (Å²) in [5.41, 5.74) is 0.933. The summed E-state index contributed by atoms with van der Waals surface area (Å²) in [7, 11) is -1.31. The van der Waals surface area contributed by atoms with Crippen LogP contribution in [0.2, 0.25) is 0 Å². The van der Waals surface area contributed by atoms with Crippen molar-refractivity contribution in [1.29, 1.82) is 0 Å². The molecule has 0 N–H and O–H groups in total. The Hall–Kier alpha value is -1.49. The third-order valence-electron chi connectivity index (χ3n) is 3.27. The molecule has 1 aliphatic heterocycles. The predicted octanol–water partition coefficient (Wildman–Crippen LogP) is 1.29. The number of amides is 1. The number of rotatable bonds is 3. The zero-order chi connectivity index (χ0) is 13.8. The summed E-state index contributed by atoms with van der Waals surface area (Å²) in [6, 6.07) is 7.38. The highest BCUT2D eigenvalue weighted by Gasteiger charge is 2.22. The summed E-state index contributed by atoms with van der Waals surface area (Å²) in [5, 5.41) is 0. The van der Waals surface area contributed by atoms with Gasteiger partial charge < -0.3 is 4.90 Å². The number of likely N-dealkylation sites (tertiary alicyclic amines) is 1. The minimum Gasteiger partial charge on any atom is -0.341 e. The van der Waals surface area contributed by atoms with Crippen LogP contribution >= 0.6 is 0 Å². The maximum absolute atomic E-state index is 12.2.